The first-order valence-corrected chi connectivity index (χ1v) is 10.6. The largest absolute Gasteiger partial charge is 0.326 e. The van der Waals surface area contributed by atoms with Gasteiger partial charge in [0.25, 0.3) is 15.9 Å². The summed E-state index contributed by atoms with van der Waals surface area (Å²) in [7, 11) is -4.01. The third-order valence-corrected chi connectivity index (χ3v) is 5.75. The zero-order valence-electron chi connectivity index (χ0n) is 16.5. The van der Waals surface area contributed by atoms with Crippen LogP contribution in [0.25, 0.3) is 0 Å². The highest BCUT2D eigenvalue weighted by Gasteiger charge is 2.21. The van der Waals surface area contributed by atoms with Crippen molar-refractivity contribution >= 4 is 38.9 Å². The first kappa shape index (κ1) is 21.1. The van der Waals surface area contributed by atoms with Gasteiger partial charge in [0.15, 0.2) is 0 Å². The molecule has 8 heteroatoms. The zero-order valence-corrected chi connectivity index (χ0v) is 17.3. The third-order valence-electron chi connectivity index (χ3n) is 4.25. The maximum Gasteiger partial charge on any atom is 0.262 e. The van der Waals surface area contributed by atoms with Gasteiger partial charge in [-0.2, -0.15) is 0 Å². The van der Waals surface area contributed by atoms with E-state index in [4.69, 9.17) is 0 Å². The van der Waals surface area contributed by atoms with Crippen molar-refractivity contribution < 1.29 is 18.0 Å². The number of benzene rings is 3. The van der Waals surface area contributed by atoms with Gasteiger partial charge in [0.05, 0.1) is 16.1 Å². The number of para-hydroxylation sites is 2. The lowest BCUT2D eigenvalue weighted by atomic mass is 10.1. The van der Waals surface area contributed by atoms with Crippen LogP contribution in [0.5, 0.6) is 0 Å². The number of rotatable bonds is 6. The van der Waals surface area contributed by atoms with E-state index in [1.54, 1.807) is 55.5 Å². The summed E-state index contributed by atoms with van der Waals surface area (Å²) in [5.41, 5.74) is 1.79. The molecular formula is C22H21N3O4S. The van der Waals surface area contributed by atoms with Crippen LogP contribution in [0, 0.1) is 6.92 Å². The molecule has 7 nitrogen and oxygen atoms in total. The quantitative estimate of drug-likeness (QED) is 0.557. The van der Waals surface area contributed by atoms with E-state index in [9.17, 15) is 18.0 Å². The first-order valence-electron chi connectivity index (χ1n) is 9.13. The Bertz CT molecular complexity index is 1190. The molecule has 0 aliphatic carbocycles. The van der Waals surface area contributed by atoms with Gasteiger partial charge in [0.2, 0.25) is 5.91 Å². The van der Waals surface area contributed by atoms with Gasteiger partial charge in [-0.05, 0) is 48.9 Å². The van der Waals surface area contributed by atoms with E-state index >= 15 is 0 Å². The highest BCUT2D eigenvalue weighted by atomic mass is 32.2. The molecule has 0 aliphatic rings. The number of sulfonamides is 1. The standard InChI is InChI=1S/C22H21N3O4S/c1-15-12-13-18(23-16(2)26)14-21(15)30(28,29)25-20-11-7-6-10-19(20)22(27)24-17-8-4-3-5-9-17/h3-14,25H,1-2H3,(H,23,26)(H,24,27). The second-order valence-electron chi connectivity index (χ2n) is 6.63. The molecular weight excluding hydrogens is 402 g/mol. The van der Waals surface area contributed by atoms with Crippen molar-refractivity contribution in [1.82, 2.24) is 0 Å². The summed E-state index contributed by atoms with van der Waals surface area (Å²) >= 11 is 0. The van der Waals surface area contributed by atoms with E-state index in [-0.39, 0.29) is 22.1 Å². The van der Waals surface area contributed by atoms with Gasteiger partial charge in [-0.25, -0.2) is 8.42 Å². The number of nitrogens with one attached hydrogen (secondary N) is 3. The molecule has 0 unspecified atom stereocenters. The summed E-state index contributed by atoms with van der Waals surface area (Å²) in [5, 5.41) is 5.31. The summed E-state index contributed by atoms with van der Waals surface area (Å²) in [4.78, 5) is 24.0. The van der Waals surface area contributed by atoms with Gasteiger partial charge in [-0.15, -0.1) is 0 Å². The fourth-order valence-electron chi connectivity index (χ4n) is 2.86. The van der Waals surface area contributed by atoms with Crippen LogP contribution in [0.2, 0.25) is 0 Å². The Labute approximate surface area is 175 Å². The van der Waals surface area contributed by atoms with Gasteiger partial charge in [-0.1, -0.05) is 36.4 Å². The van der Waals surface area contributed by atoms with Gasteiger partial charge in [-0.3, -0.25) is 14.3 Å². The van der Waals surface area contributed by atoms with Gasteiger partial charge in [0.1, 0.15) is 0 Å². The average molecular weight is 423 g/mol. The molecule has 154 valence electrons. The van der Waals surface area contributed by atoms with E-state index in [0.29, 0.717) is 16.9 Å². The number of aryl methyl sites for hydroxylation is 1. The van der Waals surface area contributed by atoms with Crippen LogP contribution in [-0.2, 0) is 14.8 Å². The Morgan fingerprint density at radius 3 is 2.17 bits per heavy atom. The van der Waals surface area contributed by atoms with E-state index in [1.807, 2.05) is 6.07 Å². The molecule has 30 heavy (non-hydrogen) atoms. The van der Waals surface area contributed by atoms with Crippen LogP contribution < -0.4 is 15.4 Å². The smallest absolute Gasteiger partial charge is 0.262 e. The molecule has 3 aromatic rings. The van der Waals surface area contributed by atoms with Gasteiger partial charge < -0.3 is 10.6 Å². The van der Waals surface area contributed by atoms with E-state index in [2.05, 4.69) is 15.4 Å². The average Bonchev–Trinajstić information content (AvgIpc) is 2.70. The van der Waals surface area contributed by atoms with Crippen LogP contribution in [0.3, 0.4) is 0 Å². The minimum atomic E-state index is -4.01. The summed E-state index contributed by atoms with van der Waals surface area (Å²) in [6.45, 7) is 2.99. The lowest BCUT2D eigenvalue weighted by Gasteiger charge is -2.15. The highest BCUT2D eigenvalue weighted by molar-refractivity contribution is 7.92. The molecule has 0 fully saturated rings. The number of anilines is 3. The van der Waals surface area contributed by atoms with Crippen LogP contribution in [0.15, 0.2) is 77.7 Å². The molecule has 0 aromatic heterocycles. The fourth-order valence-corrected chi connectivity index (χ4v) is 4.21. The van der Waals surface area contributed by atoms with Crippen molar-refractivity contribution in [2.45, 2.75) is 18.7 Å². The van der Waals surface area contributed by atoms with Crippen LogP contribution in [0.1, 0.15) is 22.8 Å². The molecule has 0 bridgehead atoms. The molecule has 0 aliphatic heterocycles. The highest BCUT2D eigenvalue weighted by Crippen LogP contribution is 2.25. The van der Waals surface area contributed by atoms with E-state index in [1.165, 1.54) is 25.1 Å². The Hall–Kier alpha value is -3.65. The molecule has 2 amide bonds. The Kier molecular flexibility index (Phi) is 6.17. The van der Waals surface area contributed by atoms with Crippen LogP contribution >= 0.6 is 0 Å². The molecule has 0 radical (unpaired) electrons. The van der Waals surface area contributed by atoms with E-state index in [0.717, 1.165) is 0 Å². The second kappa shape index (κ2) is 8.79. The third kappa shape index (κ3) is 5.03. The minimum absolute atomic E-state index is 0.00650. The number of amides is 2. The maximum atomic E-state index is 13.0. The van der Waals surface area contributed by atoms with Crippen molar-refractivity contribution in [3.8, 4) is 0 Å². The lowest BCUT2D eigenvalue weighted by Crippen LogP contribution is -2.19. The predicted molar refractivity (Wildman–Crippen MR) is 117 cm³/mol. The molecule has 0 heterocycles. The Balaban J connectivity index is 1.91. The van der Waals surface area contributed by atoms with E-state index < -0.39 is 15.9 Å². The summed E-state index contributed by atoms with van der Waals surface area (Å²) in [6, 6.07) is 19.8. The first-order chi connectivity index (χ1) is 14.3. The van der Waals surface area contributed by atoms with Gasteiger partial charge >= 0.3 is 0 Å². The van der Waals surface area contributed by atoms with Gasteiger partial charge in [0, 0.05) is 18.3 Å². The van der Waals surface area contributed by atoms with Crippen molar-refractivity contribution in [3.63, 3.8) is 0 Å². The molecule has 0 atom stereocenters. The van der Waals surface area contributed by atoms with Crippen molar-refractivity contribution in [1.29, 1.82) is 0 Å². The predicted octanol–water partition coefficient (Wildman–Crippen LogP) is 4.01. The van der Waals surface area contributed by atoms with Crippen molar-refractivity contribution in [2.24, 2.45) is 0 Å². The Morgan fingerprint density at radius 2 is 1.47 bits per heavy atom. The molecule has 0 spiro atoms. The monoisotopic (exact) mass is 423 g/mol. The number of carbonyl (C=O) groups is 2. The Morgan fingerprint density at radius 1 is 0.800 bits per heavy atom. The fraction of sp³-hybridized carbons (Fsp3) is 0.0909. The zero-order chi connectivity index (χ0) is 21.7. The SMILES string of the molecule is CC(=O)Nc1ccc(C)c(S(=O)(=O)Nc2ccccc2C(=O)Nc2ccccc2)c1. The number of hydrogen-bond donors (Lipinski definition) is 3. The molecule has 0 saturated carbocycles. The summed E-state index contributed by atoms with van der Waals surface area (Å²) < 4.78 is 28.6. The normalized spacial score (nSPS) is 10.9. The number of carbonyl (C=O) groups excluding carboxylic acids is 2. The maximum absolute atomic E-state index is 13.0. The number of hydrogen-bond acceptors (Lipinski definition) is 4. The summed E-state index contributed by atoms with van der Waals surface area (Å²) in [6.07, 6.45) is 0. The topological polar surface area (TPSA) is 104 Å². The van der Waals surface area contributed by atoms with Crippen molar-refractivity contribution in [3.05, 3.63) is 83.9 Å². The lowest BCUT2D eigenvalue weighted by molar-refractivity contribution is -0.114. The minimum Gasteiger partial charge on any atom is -0.326 e. The van der Waals surface area contributed by atoms with Crippen molar-refractivity contribution in [2.75, 3.05) is 15.4 Å². The molecule has 3 N–H and O–H groups in total. The van der Waals surface area contributed by atoms with Crippen LogP contribution in [0.4, 0.5) is 17.1 Å². The molecule has 3 aromatic carbocycles. The van der Waals surface area contributed by atoms with Crippen LogP contribution in [-0.4, -0.2) is 20.2 Å². The molecule has 0 saturated heterocycles. The second-order valence-corrected chi connectivity index (χ2v) is 8.28. The molecule has 3 rings (SSSR count). The summed E-state index contributed by atoms with van der Waals surface area (Å²) in [5.74, 6) is -0.749.